The van der Waals surface area contributed by atoms with Crippen molar-refractivity contribution >= 4 is 6.09 Å². The van der Waals surface area contributed by atoms with Crippen molar-refractivity contribution in [2.75, 3.05) is 19.7 Å². The van der Waals surface area contributed by atoms with Crippen molar-refractivity contribution < 1.29 is 9.53 Å². The predicted octanol–water partition coefficient (Wildman–Crippen LogP) is 1.65. The van der Waals surface area contributed by atoms with Crippen molar-refractivity contribution in [3.05, 3.63) is 0 Å². The van der Waals surface area contributed by atoms with Crippen LogP contribution in [0.2, 0.25) is 0 Å². The Morgan fingerprint density at radius 3 is 2.75 bits per heavy atom. The smallest absolute Gasteiger partial charge is 0.407 e. The number of carbonyl (C=O) groups excluding carboxylic acids is 1. The Bertz CT molecular complexity index is 221. The second kappa shape index (κ2) is 6.09. The van der Waals surface area contributed by atoms with E-state index in [2.05, 4.69) is 10.6 Å². The summed E-state index contributed by atoms with van der Waals surface area (Å²) in [6.07, 6.45) is 6.83. The molecule has 0 aromatic heterocycles. The van der Waals surface area contributed by atoms with Gasteiger partial charge in [0.25, 0.3) is 0 Å². The van der Waals surface area contributed by atoms with Gasteiger partial charge in [0.2, 0.25) is 0 Å². The Kier molecular flexibility index (Phi) is 4.45. The summed E-state index contributed by atoms with van der Waals surface area (Å²) in [5.74, 6) is 0.503. The Balaban J connectivity index is 1.59. The van der Waals surface area contributed by atoms with Crippen LogP contribution in [0.25, 0.3) is 0 Å². The van der Waals surface area contributed by atoms with Crippen LogP contribution in [0, 0.1) is 5.92 Å². The Labute approximate surface area is 97.1 Å². The van der Waals surface area contributed by atoms with Crippen LogP contribution < -0.4 is 10.6 Å². The van der Waals surface area contributed by atoms with Gasteiger partial charge in [-0.25, -0.2) is 4.79 Å². The summed E-state index contributed by atoms with van der Waals surface area (Å²) in [4.78, 5) is 11.5. The Morgan fingerprint density at radius 1 is 1.25 bits per heavy atom. The maximum atomic E-state index is 11.5. The number of nitrogens with one attached hydrogen (secondary N) is 2. The van der Waals surface area contributed by atoms with E-state index in [-0.39, 0.29) is 6.09 Å². The maximum absolute atomic E-state index is 11.5. The lowest BCUT2D eigenvalue weighted by molar-refractivity contribution is 0.116. The normalized spacial score (nSPS) is 26.6. The zero-order chi connectivity index (χ0) is 11.2. The molecule has 0 spiro atoms. The minimum absolute atomic E-state index is 0.225. The first-order chi connectivity index (χ1) is 7.84. The maximum Gasteiger partial charge on any atom is 0.407 e. The zero-order valence-electron chi connectivity index (χ0n) is 9.84. The molecule has 0 radical (unpaired) electrons. The van der Waals surface area contributed by atoms with Crippen LogP contribution in [0.1, 0.15) is 38.5 Å². The molecule has 1 saturated heterocycles. The van der Waals surface area contributed by atoms with Gasteiger partial charge in [-0.2, -0.15) is 0 Å². The predicted molar refractivity (Wildman–Crippen MR) is 62.3 cm³/mol. The molecule has 1 aliphatic carbocycles. The van der Waals surface area contributed by atoms with Crippen LogP contribution in [0.3, 0.4) is 0 Å². The van der Waals surface area contributed by atoms with Crippen LogP contribution in [0.4, 0.5) is 4.79 Å². The fourth-order valence-electron chi connectivity index (χ4n) is 2.54. The topological polar surface area (TPSA) is 50.4 Å². The number of hydrogen-bond acceptors (Lipinski definition) is 3. The quantitative estimate of drug-likeness (QED) is 0.769. The first-order valence-electron chi connectivity index (χ1n) is 6.48. The average molecular weight is 226 g/mol. The van der Waals surface area contributed by atoms with E-state index in [1.807, 2.05) is 0 Å². The van der Waals surface area contributed by atoms with E-state index >= 15 is 0 Å². The van der Waals surface area contributed by atoms with E-state index in [0.717, 1.165) is 25.9 Å². The van der Waals surface area contributed by atoms with Crippen LogP contribution in [-0.4, -0.2) is 31.8 Å². The largest absolute Gasteiger partial charge is 0.449 e. The number of rotatable bonds is 3. The highest BCUT2D eigenvalue weighted by atomic mass is 16.5. The van der Waals surface area contributed by atoms with Crippen molar-refractivity contribution in [1.29, 1.82) is 0 Å². The van der Waals surface area contributed by atoms with Gasteiger partial charge >= 0.3 is 6.09 Å². The molecular weight excluding hydrogens is 204 g/mol. The summed E-state index contributed by atoms with van der Waals surface area (Å²) in [6.45, 7) is 2.65. The fourth-order valence-corrected chi connectivity index (χ4v) is 2.54. The molecule has 16 heavy (non-hydrogen) atoms. The van der Waals surface area contributed by atoms with E-state index in [1.165, 1.54) is 25.7 Å². The molecule has 1 heterocycles. The molecule has 2 fully saturated rings. The molecule has 4 nitrogen and oxygen atoms in total. The van der Waals surface area contributed by atoms with Gasteiger partial charge in [-0.3, -0.25) is 0 Å². The van der Waals surface area contributed by atoms with Gasteiger partial charge in [-0.05, 0) is 32.2 Å². The number of ether oxygens (including phenoxy) is 1. The van der Waals surface area contributed by atoms with Gasteiger partial charge in [0.05, 0.1) is 6.61 Å². The Hall–Kier alpha value is -0.770. The molecule has 0 bridgehead atoms. The summed E-state index contributed by atoms with van der Waals surface area (Å²) in [5.41, 5.74) is 0. The van der Waals surface area contributed by atoms with Crippen molar-refractivity contribution in [2.45, 2.75) is 44.6 Å². The van der Waals surface area contributed by atoms with Gasteiger partial charge in [0.15, 0.2) is 0 Å². The number of hydrogen-bond donors (Lipinski definition) is 2. The van der Waals surface area contributed by atoms with Crippen molar-refractivity contribution in [3.63, 3.8) is 0 Å². The second-order valence-corrected chi connectivity index (χ2v) is 4.94. The van der Waals surface area contributed by atoms with E-state index in [1.54, 1.807) is 0 Å². The monoisotopic (exact) mass is 226 g/mol. The lowest BCUT2D eigenvalue weighted by atomic mass is 10.0. The molecule has 1 amide bonds. The van der Waals surface area contributed by atoms with Crippen LogP contribution >= 0.6 is 0 Å². The number of alkyl carbamates (subject to hydrolysis) is 1. The molecular formula is C12H22N2O2. The van der Waals surface area contributed by atoms with Gasteiger partial charge in [0.1, 0.15) is 0 Å². The third kappa shape index (κ3) is 3.67. The molecule has 4 heteroatoms. The summed E-state index contributed by atoms with van der Waals surface area (Å²) in [6, 6.07) is 0.358. The molecule has 0 aromatic rings. The van der Waals surface area contributed by atoms with Crippen molar-refractivity contribution in [3.8, 4) is 0 Å². The van der Waals surface area contributed by atoms with Crippen LogP contribution in [0.5, 0.6) is 0 Å². The molecule has 2 rings (SSSR count). The molecule has 1 aliphatic heterocycles. The zero-order valence-corrected chi connectivity index (χ0v) is 9.84. The first-order valence-corrected chi connectivity index (χ1v) is 6.48. The molecule has 0 aromatic carbocycles. The third-order valence-electron chi connectivity index (χ3n) is 3.53. The lowest BCUT2D eigenvalue weighted by Crippen LogP contribution is -2.37. The van der Waals surface area contributed by atoms with E-state index in [4.69, 9.17) is 4.74 Å². The van der Waals surface area contributed by atoms with Gasteiger partial charge in [-0.1, -0.05) is 12.8 Å². The second-order valence-electron chi connectivity index (χ2n) is 4.94. The lowest BCUT2D eigenvalue weighted by Gasteiger charge is -2.22. The summed E-state index contributed by atoms with van der Waals surface area (Å²) in [7, 11) is 0. The summed E-state index contributed by atoms with van der Waals surface area (Å²) >= 11 is 0. The van der Waals surface area contributed by atoms with E-state index in [0.29, 0.717) is 18.6 Å². The van der Waals surface area contributed by atoms with Crippen LogP contribution in [-0.2, 0) is 4.74 Å². The molecule has 2 N–H and O–H groups in total. The molecule has 1 atom stereocenters. The molecule has 1 saturated carbocycles. The third-order valence-corrected chi connectivity index (χ3v) is 3.53. The van der Waals surface area contributed by atoms with Gasteiger partial charge < -0.3 is 15.4 Å². The minimum Gasteiger partial charge on any atom is -0.449 e. The first kappa shape index (κ1) is 11.7. The SMILES string of the molecule is O=C(NC1CCCC1)OCC1CCCNC1. The highest BCUT2D eigenvalue weighted by molar-refractivity contribution is 5.67. The minimum atomic E-state index is -0.225. The highest BCUT2D eigenvalue weighted by Gasteiger charge is 2.19. The van der Waals surface area contributed by atoms with Crippen molar-refractivity contribution in [2.24, 2.45) is 5.92 Å². The van der Waals surface area contributed by atoms with E-state index < -0.39 is 0 Å². The average Bonchev–Trinajstić information content (AvgIpc) is 2.81. The van der Waals surface area contributed by atoms with Crippen LogP contribution in [0.15, 0.2) is 0 Å². The number of piperidine rings is 1. The molecule has 92 valence electrons. The molecule has 1 unspecified atom stereocenters. The standard InChI is InChI=1S/C12H22N2O2/c15-12(14-11-5-1-2-6-11)16-9-10-4-3-7-13-8-10/h10-11,13H,1-9H2,(H,14,15). The summed E-state index contributed by atoms with van der Waals surface area (Å²) in [5, 5.41) is 6.26. The molecule has 2 aliphatic rings. The number of carbonyl (C=O) groups is 1. The fraction of sp³-hybridized carbons (Fsp3) is 0.917. The highest BCUT2D eigenvalue weighted by Crippen LogP contribution is 2.17. The van der Waals surface area contributed by atoms with Crippen molar-refractivity contribution in [1.82, 2.24) is 10.6 Å². The van der Waals surface area contributed by atoms with E-state index in [9.17, 15) is 4.79 Å². The van der Waals surface area contributed by atoms with Gasteiger partial charge in [-0.15, -0.1) is 0 Å². The Morgan fingerprint density at radius 2 is 2.06 bits per heavy atom. The van der Waals surface area contributed by atoms with Gasteiger partial charge in [0, 0.05) is 18.5 Å². The number of amides is 1. The summed E-state index contributed by atoms with van der Waals surface area (Å²) < 4.78 is 5.25.